The van der Waals surface area contributed by atoms with Crippen LogP contribution in [0.15, 0.2) is 87.8 Å². The molecule has 0 N–H and O–H groups in total. The van der Waals surface area contributed by atoms with E-state index in [-0.39, 0.29) is 17.1 Å². The van der Waals surface area contributed by atoms with Gasteiger partial charge in [-0.2, -0.15) is 10.1 Å². The topological polar surface area (TPSA) is 57.5 Å². The molecule has 0 saturated carbocycles. The lowest BCUT2D eigenvalue weighted by Gasteiger charge is -2.24. The van der Waals surface area contributed by atoms with Crippen LogP contribution in [-0.4, -0.2) is 43.0 Å². The van der Waals surface area contributed by atoms with E-state index in [2.05, 4.69) is 34.2 Å². The number of nitrogens with zero attached hydrogens (tertiary/aromatic N) is 4. The summed E-state index contributed by atoms with van der Waals surface area (Å²) in [4.78, 5) is 19.5. The van der Waals surface area contributed by atoms with Crippen LogP contribution in [0, 0.1) is 5.82 Å². The third-order valence-corrected chi connectivity index (χ3v) is 6.91. The number of methoxy groups -OCH3 is 1. The van der Waals surface area contributed by atoms with Gasteiger partial charge < -0.3 is 9.64 Å². The number of carbonyl (C=O) groups excluding carboxylic acids is 1. The van der Waals surface area contributed by atoms with Gasteiger partial charge >= 0.3 is 5.24 Å². The lowest BCUT2D eigenvalue weighted by Crippen LogP contribution is -2.26. The van der Waals surface area contributed by atoms with Crippen molar-refractivity contribution in [1.82, 2.24) is 5.01 Å². The molecule has 0 aromatic heterocycles. The molecule has 2 aliphatic rings. The third-order valence-electron chi connectivity index (χ3n) is 6.13. The number of rotatable bonds is 5. The van der Waals surface area contributed by atoms with Gasteiger partial charge in [0.1, 0.15) is 11.6 Å². The lowest BCUT2D eigenvalue weighted by atomic mass is 9.98. The van der Waals surface area contributed by atoms with Crippen molar-refractivity contribution in [2.45, 2.75) is 12.5 Å². The summed E-state index contributed by atoms with van der Waals surface area (Å²) in [6.07, 6.45) is 2.50. The molecule has 182 valence electrons. The van der Waals surface area contributed by atoms with Gasteiger partial charge in [0.15, 0.2) is 5.84 Å². The van der Waals surface area contributed by atoms with Gasteiger partial charge in [0.05, 0.1) is 23.8 Å². The average Bonchev–Trinajstić information content (AvgIpc) is 3.49. The standard InChI is InChI=1S/C28H25FN4O2S/c1-32(2)22-12-6-20(7-13-22)25-17-24(19-8-14-23(35-3)15-9-19)31-33(25)27-26(36-28(34)30-27)16-18-4-10-21(29)11-5-18/h4-16,25H,17H2,1-3H3/b26-16-. The Morgan fingerprint density at radius 1 is 1.03 bits per heavy atom. The number of hydrazone groups is 1. The first kappa shape index (κ1) is 23.8. The Hall–Kier alpha value is -3.91. The van der Waals surface area contributed by atoms with Gasteiger partial charge in [-0.25, -0.2) is 9.40 Å². The summed E-state index contributed by atoms with van der Waals surface area (Å²) in [5, 5.41) is 6.50. The highest BCUT2D eigenvalue weighted by Gasteiger charge is 2.37. The number of amides is 1. The number of benzene rings is 3. The molecule has 0 radical (unpaired) electrons. The zero-order valence-corrected chi connectivity index (χ0v) is 21.0. The summed E-state index contributed by atoms with van der Waals surface area (Å²) >= 11 is 1.06. The second-order valence-electron chi connectivity index (χ2n) is 8.69. The molecule has 36 heavy (non-hydrogen) atoms. The van der Waals surface area contributed by atoms with Crippen molar-refractivity contribution in [2.24, 2.45) is 10.1 Å². The Labute approximate surface area is 213 Å². The average molecular weight is 501 g/mol. The summed E-state index contributed by atoms with van der Waals surface area (Å²) < 4.78 is 18.7. The van der Waals surface area contributed by atoms with Gasteiger partial charge in [0, 0.05) is 26.2 Å². The van der Waals surface area contributed by atoms with Gasteiger partial charge in [0.2, 0.25) is 0 Å². The van der Waals surface area contributed by atoms with E-state index in [0.717, 1.165) is 45.6 Å². The highest BCUT2D eigenvalue weighted by atomic mass is 32.2. The van der Waals surface area contributed by atoms with E-state index < -0.39 is 0 Å². The number of aliphatic imine (C=N–C) groups is 1. The predicted octanol–water partition coefficient (Wildman–Crippen LogP) is 6.36. The number of thioether (sulfide) groups is 1. The second-order valence-corrected chi connectivity index (χ2v) is 9.68. The minimum Gasteiger partial charge on any atom is -0.497 e. The maximum atomic E-state index is 13.4. The number of amidine groups is 1. The molecule has 1 amide bonds. The molecule has 2 heterocycles. The fourth-order valence-corrected chi connectivity index (χ4v) is 4.94. The van der Waals surface area contributed by atoms with Crippen molar-refractivity contribution in [3.63, 3.8) is 0 Å². The van der Waals surface area contributed by atoms with Crippen molar-refractivity contribution in [2.75, 3.05) is 26.1 Å². The first-order valence-electron chi connectivity index (χ1n) is 11.5. The lowest BCUT2D eigenvalue weighted by molar-refractivity contribution is 0.267. The van der Waals surface area contributed by atoms with Gasteiger partial charge in [-0.1, -0.05) is 24.3 Å². The number of carbonyl (C=O) groups is 1. The minimum atomic E-state index is -0.310. The summed E-state index contributed by atoms with van der Waals surface area (Å²) in [6.45, 7) is 0. The van der Waals surface area contributed by atoms with E-state index in [0.29, 0.717) is 17.2 Å². The normalized spacial score (nSPS) is 18.4. The first-order valence-corrected chi connectivity index (χ1v) is 12.3. The molecular weight excluding hydrogens is 475 g/mol. The molecule has 2 aliphatic heterocycles. The fourth-order valence-electron chi connectivity index (χ4n) is 4.19. The maximum absolute atomic E-state index is 13.4. The molecule has 0 aliphatic carbocycles. The van der Waals surface area contributed by atoms with Crippen LogP contribution in [-0.2, 0) is 0 Å². The van der Waals surface area contributed by atoms with E-state index in [1.807, 2.05) is 49.4 Å². The molecule has 3 aromatic rings. The van der Waals surface area contributed by atoms with Crippen LogP contribution in [0.5, 0.6) is 5.75 Å². The van der Waals surface area contributed by atoms with Gasteiger partial charge in [0.25, 0.3) is 0 Å². The number of hydrogen-bond donors (Lipinski definition) is 0. The van der Waals surface area contributed by atoms with Crippen molar-refractivity contribution in [1.29, 1.82) is 0 Å². The van der Waals surface area contributed by atoms with Crippen LogP contribution >= 0.6 is 11.8 Å². The first-order chi connectivity index (χ1) is 17.4. The molecule has 5 rings (SSSR count). The van der Waals surface area contributed by atoms with E-state index in [9.17, 15) is 9.18 Å². The molecule has 1 atom stereocenters. The molecular formula is C28H25FN4O2S. The number of ether oxygens (including phenoxy) is 1. The molecule has 3 aromatic carbocycles. The number of hydrogen-bond acceptors (Lipinski definition) is 6. The Kier molecular flexibility index (Phi) is 6.61. The van der Waals surface area contributed by atoms with Gasteiger partial charge in [-0.15, -0.1) is 0 Å². The Bertz CT molecular complexity index is 1360. The van der Waals surface area contributed by atoms with Crippen LogP contribution in [0.2, 0.25) is 0 Å². The summed E-state index contributed by atoms with van der Waals surface area (Å²) in [5.74, 6) is 0.965. The Morgan fingerprint density at radius 2 is 1.72 bits per heavy atom. The number of halogens is 1. The van der Waals surface area contributed by atoms with E-state index in [4.69, 9.17) is 9.84 Å². The third kappa shape index (κ3) is 4.90. The molecule has 1 unspecified atom stereocenters. The highest BCUT2D eigenvalue weighted by molar-refractivity contribution is 8.18. The minimum absolute atomic E-state index is 0.139. The SMILES string of the molecule is COc1ccc(C2=NN(C3=NC(=O)S/C3=C\c3ccc(F)cc3)C(c3ccc(N(C)C)cc3)C2)cc1. The monoisotopic (exact) mass is 500 g/mol. The van der Waals surface area contributed by atoms with E-state index in [1.165, 1.54) is 12.1 Å². The maximum Gasteiger partial charge on any atom is 0.311 e. The van der Waals surface area contributed by atoms with Gasteiger partial charge in [-0.3, -0.25) is 4.79 Å². The molecule has 0 bridgehead atoms. The Balaban J connectivity index is 1.54. The van der Waals surface area contributed by atoms with E-state index >= 15 is 0 Å². The van der Waals surface area contributed by atoms with E-state index in [1.54, 1.807) is 19.2 Å². The predicted molar refractivity (Wildman–Crippen MR) is 144 cm³/mol. The van der Waals surface area contributed by atoms with Gasteiger partial charge in [-0.05, 0) is 83.1 Å². The molecule has 0 fully saturated rings. The largest absolute Gasteiger partial charge is 0.497 e. The Morgan fingerprint density at radius 3 is 2.36 bits per heavy atom. The molecule has 0 spiro atoms. The number of anilines is 1. The van der Waals surface area contributed by atoms with Crippen LogP contribution in [0.25, 0.3) is 6.08 Å². The second kappa shape index (κ2) is 9.99. The smallest absolute Gasteiger partial charge is 0.311 e. The molecule has 6 nitrogen and oxygen atoms in total. The van der Waals surface area contributed by atoms with Crippen LogP contribution in [0.3, 0.4) is 0 Å². The van der Waals surface area contributed by atoms with Crippen molar-refractivity contribution in [3.05, 3.63) is 100 Å². The molecule has 0 saturated heterocycles. The fraction of sp³-hybridized carbons (Fsp3) is 0.179. The highest BCUT2D eigenvalue weighted by Crippen LogP contribution is 2.40. The zero-order chi connectivity index (χ0) is 25.2. The summed E-state index contributed by atoms with van der Waals surface area (Å²) in [6, 6.07) is 22.1. The quantitative estimate of drug-likeness (QED) is 0.408. The van der Waals surface area contributed by atoms with Crippen molar-refractivity contribution < 1.29 is 13.9 Å². The van der Waals surface area contributed by atoms with Crippen LogP contribution < -0.4 is 9.64 Å². The zero-order valence-electron chi connectivity index (χ0n) is 20.2. The van der Waals surface area contributed by atoms with Crippen LogP contribution in [0.4, 0.5) is 14.9 Å². The van der Waals surface area contributed by atoms with Crippen LogP contribution in [0.1, 0.15) is 29.2 Å². The van der Waals surface area contributed by atoms with Crippen molar-refractivity contribution >= 4 is 40.3 Å². The summed E-state index contributed by atoms with van der Waals surface area (Å²) in [5.41, 5.74) is 4.83. The van der Waals surface area contributed by atoms with Crippen molar-refractivity contribution in [3.8, 4) is 5.75 Å². The molecule has 8 heteroatoms. The summed E-state index contributed by atoms with van der Waals surface area (Å²) in [7, 11) is 5.65.